The molecule has 0 bridgehead atoms. The van der Waals surface area contributed by atoms with Crippen LogP contribution in [0.2, 0.25) is 5.15 Å². The summed E-state index contributed by atoms with van der Waals surface area (Å²) in [6.45, 7) is 1.62. The summed E-state index contributed by atoms with van der Waals surface area (Å²) < 4.78 is 1.21. The van der Waals surface area contributed by atoms with E-state index in [0.717, 1.165) is 0 Å². The van der Waals surface area contributed by atoms with Gasteiger partial charge in [-0.15, -0.1) is 0 Å². The number of pyridine rings is 1. The lowest BCUT2D eigenvalue weighted by Gasteiger charge is -2.05. The highest BCUT2D eigenvalue weighted by atomic mass is 35.5. The zero-order valence-electron chi connectivity index (χ0n) is 9.91. The Kier molecular flexibility index (Phi) is 3.57. The number of hydrogen-bond donors (Lipinski definition) is 0. The Morgan fingerprint density at radius 1 is 1.42 bits per heavy atom. The first-order valence-electron chi connectivity index (χ1n) is 5.29. The van der Waals surface area contributed by atoms with E-state index in [9.17, 15) is 14.9 Å². The van der Waals surface area contributed by atoms with Crippen molar-refractivity contribution in [1.29, 1.82) is 0 Å². The predicted molar refractivity (Wildman–Crippen MR) is 68.2 cm³/mol. The highest BCUT2D eigenvalue weighted by molar-refractivity contribution is 6.29. The van der Waals surface area contributed by atoms with Crippen LogP contribution >= 0.6 is 11.6 Å². The summed E-state index contributed by atoms with van der Waals surface area (Å²) in [4.78, 5) is 29.9. The molecule has 8 heteroatoms. The second-order valence-electron chi connectivity index (χ2n) is 3.90. The molecule has 2 rings (SSSR count). The summed E-state index contributed by atoms with van der Waals surface area (Å²) >= 11 is 5.60. The third-order valence-corrected chi connectivity index (χ3v) is 2.70. The van der Waals surface area contributed by atoms with Crippen LogP contribution in [0.25, 0.3) is 0 Å². The minimum Gasteiger partial charge on any atom is -0.303 e. The Bertz CT molecular complexity index is 681. The molecule has 19 heavy (non-hydrogen) atoms. The van der Waals surface area contributed by atoms with Gasteiger partial charge in [0.1, 0.15) is 5.15 Å². The molecule has 0 aliphatic carbocycles. The van der Waals surface area contributed by atoms with Crippen molar-refractivity contribution in [3.8, 4) is 0 Å². The monoisotopic (exact) mass is 280 g/mol. The molecule has 0 N–H and O–H groups in total. The minimum absolute atomic E-state index is 0.101. The third kappa shape index (κ3) is 2.94. The average Bonchev–Trinajstić information content (AvgIpc) is 2.34. The van der Waals surface area contributed by atoms with Gasteiger partial charge in [-0.1, -0.05) is 11.6 Å². The van der Waals surface area contributed by atoms with Gasteiger partial charge in [0, 0.05) is 11.6 Å². The maximum atomic E-state index is 11.8. The molecule has 2 heterocycles. The molecule has 98 valence electrons. The van der Waals surface area contributed by atoms with Crippen LogP contribution in [0.5, 0.6) is 0 Å². The minimum atomic E-state index is -0.529. The van der Waals surface area contributed by atoms with Crippen molar-refractivity contribution in [3.63, 3.8) is 0 Å². The molecule has 0 aliphatic heterocycles. The average molecular weight is 281 g/mol. The van der Waals surface area contributed by atoms with Crippen molar-refractivity contribution in [2.45, 2.75) is 13.5 Å². The summed E-state index contributed by atoms with van der Waals surface area (Å²) in [5.41, 5.74) is 0.375. The molecule has 0 saturated heterocycles. The summed E-state index contributed by atoms with van der Waals surface area (Å²) in [6.07, 6.45) is 3.97. The van der Waals surface area contributed by atoms with Crippen LogP contribution < -0.4 is 5.56 Å². The Morgan fingerprint density at radius 3 is 2.74 bits per heavy atom. The molecule has 0 saturated carbocycles. The van der Waals surface area contributed by atoms with Gasteiger partial charge in [0.2, 0.25) is 0 Å². The second kappa shape index (κ2) is 5.15. The smallest absolute Gasteiger partial charge is 0.288 e. The van der Waals surface area contributed by atoms with E-state index in [1.54, 1.807) is 0 Å². The lowest BCUT2D eigenvalue weighted by Crippen LogP contribution is -2.21. The largest absolute Gasteiger partial charge is 0.303 e. The van der Waals surface area contributed by atoms with Crippen LogP contribution in [-0.2, 0) is 6.54 Å². The number of aryl methyl sites for hydroxylation is 1. The topological polar surface area (TPSA) is 90.9 Å². The number of halogens is 1. The van der Waals surface area contributed by atoms with Gasteiger partial charge in [0.25, 0.3) is 11.2 Å². The van der Waals surface area contributed by atoms with Crippen LogP contribution in [0.3, 0.4) is 0 Å². The fourth-order valence-corrected chi connectivity index (χ4v) is 1.66. The van der Waals surface area contributed by atoms with Gasteiger partial charge in [-0.25, -0.2) is 4.98 Å². The van der Waals surface area contributed by atoms with E-state index < -0.39 is 4.92 Å². The number of aromatic nitrogens is 3. The molecule has 0 aliphatic rings. The summed E-state index contributed by atoms with van der Waals surface area (Å²) in [6, 6.07) is 1.22. The Hall–Kier alpha value is -2.28. The number of nitro groups is 1. The SMILES string of the molecule is Cc1cc(=O)n(Cc2cnc(Cl)cn2)cc1[N+](=O)[O-]. The molecule has 0 radical (unpaired) electrons. The van der Waals surface area contributed by atoms with E-state index in [1.165, 1.54) is 36.1 Å². The van der Waals surface area contributed by atoms with Gasteiger partial charge >= 0.3 is 0 Å². The Balaban J connectivity index is 2.40. The molecule has 0 aromatic carbocycles. The third-order valence-electron chi connectivity index (χ3n) is 2.51. The lowest BCUT2D eigenvalue weighted by atomic mass is 10.2. The Labute approximate surface area is 112 Å². The van der Waals surface area contributed by atoms with Crippen molar-refractivity contribution in [2.75, 3.05) is 0 Å². The highest BCUT2D eigenvalue weighted by Crippen LogP contribution is 2.14. The standard InChI is InChI=1S/C11H9ClN4O3/c1-7-2-11(17)15(6-9(7)16(18)19)5-8-3-14-10(12)4-13-8/h2-4,6H,5H2,1H3. The van der Waals surface area contributed by atoms with Crippen molar-refractivity contribution >= 4 is 17.3 Å². The van der Waals surface area contributed by atoms with Crippen LogP contribution in [0.15, 0.2) is 29.5 Å². The molecular formula is C11H9ClN4O3. The summed E-state index contributed by atoms with van der Waals surface area (Å²) in [7, 11) is 0. The Morgan fingerprint density at radius 2 is 2.16 bits per heavy atom. The van der Waals surface area contributed by atoms with Crippen molar-refractivity contribution in [3.05, 3.63) is 61.5 Å². The maximum absolute atomic E-state index is 11.8. The fourth-order valence-electron chi connectivity index (χ4n) is 1.57. The second-order valence-corrected chi connectivity index (χ2v) is 4.28. The van der Waals surface area contributed by atoms with Crippen LogP contribution in [0.4, 0.5) is 5.69 Å². The number of rotatable bonds is 3. The molecule has 2 aromatic heterocycles. The number of hydrogen-bond acceptors (Lipinski definition) is 5. The first-order chi connectivity index (χ1) is 8.97. The van der Waals surface area contributed by atoms with Gasteiger partial charge in [0.15, 0.2) is 0 Å². The molecule has 2 aromatic rings. The lowest BCUT2D eigenvalue weighted by molar-refractivity contribution is -0.385. The first-order valence-corrected chi connectivity index (χ1v) is 5.67. The van der Waals surface area contributed by atoms with Gasteiger partial charge in [-0.2, -0.15) is 0 Å². The van der Waals surface area contributed by atoms with E-state index in [2.05, 4.69) is 9.97 Å². The first kappa shape index (κ1) is 13.2. The van der Waals surface area contributed by atoms with E-state index in [0.29, 0.717) is 11.3 Å². The van der Waals surface area contributed by atoms with Crippen molar-refractivity contribution in [1.82, 2.24) is 14.5 Å². The molecule has 7 nitrogen and oxygen atoms in total. The normalized spacial score (nSPS) is 10.4. The molecule has 0 unspecified atom stereocenters. The van der Waals surface area contributed by atoms with Gasteiger partial charge in [-0.3, -0.25) is 19.9 Å². The molecule has 0 spiro atoms. The van der Waals surface area contributed by atoms with E-state index in [4.69, 9.17) is 11.6 Å². The van der Waals surface area contributed by atoms with Gasteiger partial charge in [-0.05, 0) is 6.92 Å². The summed E-state index contributed by atoms with van der Waals surface area (Å²) in [5.74, 6) is 0. The van der Waals surface area contributed by atoms with E-state index in [-0.39, 0.29) is 22.9 Å². The molecule has 0 atom stereocenters. The quantitative estimate of drug-likeness (QED) is 0.628. The highest BCUT2D eigenvalue weighted by Gasteiger charge is 2.13. The van der Waals surface area contributed by atoms with Crippen LogP contribution in [0, 0.1) is 17.0 Å². The number of nitrogens with zero attached hydrogens (tertiary/aromatic N) is 4. The van der Waals surface area contributed by atoms with Gasteiger partial charge < -0.3 is 4.57 Å². The molecular weight excluding hydrogens is 272 g/mol. The van der Waals surface area contributed by atoms with E-state index in [1.807, 2.05) is 0 Å². The molecule has 0 amide bonds. The van der Waals surface area contributed by atoms with Crippen molar-refractivity contribution < 1.29 is 4.92 Å². The zero-order valence-corrected chi connectivity index (χ0v) is 10.7. The van der Waals surface area contributed by atoms with Crippen molar-refractivity contribution in [2.24, 2.45) is 0 Å². The zero-order chi connectivity index (χ0) is 14.0. The predicted octanol–water partition coefficient (Wildman–Crippen LogP) is 1.56. The van der Waals surface area contributed by atoms with Crippen LogP contribution in [-0.4, -0.2) is 19.5 Å². The van der Waals surface area contributed by atoms with Crippen LogP contribution in [0.1, 0.15) is 11.3 Å². The maximum Gasteiger partial charge on any atom is 0.288 e. The summed E-state index contributed by atoms with van der Waals surface area (Å²) in [5, 5.41) is 11.1. The van der Waals surface area contributed by atoms with Gasteiger partial charge in [0.05, 0.1) is 35.8 Å². The fraction of sp³-hybridized carbons (Fsp3) is 0.182. The molecule has 0 fully saturated rings. The van der Waals surface area contributed by atoms with E-state index >= 15 is 0 Å².